The van der Waals surface area contributed by atoms with E-state index in [1.54, 1.807) is 12.3 Å². The Morgan fingerprint density at radius 1 is 1.14 bits per heavy atom. The lowest BCUT2D eigenvalue weighted by Gasteiger charge is -2.34. The molecular formula is C20H15F3N4O2. The van der Waals surface area contributed by atoms with Gasteiger partial charge < -0.3 is 9.73 Å². The van der Waals surface area contributed by atoms with Gasteiger partial charge in [0.05, 0.1) is 11.8 Å². The minimum atomic E-state index is -4.42. The highest BCUT2D eigenvalue weighted by Crippen LogP contribution is 2.44. The number of nitrogens with one attached hydrogen (secondary N) is 1. The van der Waals surface area contributed by atoms with Gasteiger partial charge in [-0.15, -0.1) is 0 Å². The molecule has 0 saturated heterocycles. The van der Waals surface area contributed by atoms with Gasteiger partial charge in [0.15, 0.2) is 5.78 Å². The second kappa shape index (κ2) is 6.33. The van der Waals surface area contributed by atoms with Crippen LogP contribution in [0.25, 0.3) is 0 Å². The van der Waals surface area contributed by atoms with Crippen LogP contribution in [-0.4, -0.2) is 20.5 Å². The van der Waals surface area contributed by atoms with Crippen LogP contribution < -0.4 is 5.32 Å². The number of alkyl halides is 3. The number of carbonyl (C=O) groups excluding carboxylic acids is 1. The third-order valence-corrected chi connectivity index (χ3v) is 5.36. The lowest BCUT2D eigenvalue weighted by atomic mass is 9.79. The molecule has 0 amide bonds. The SMILES string of the molecule is O=C1C[C@@H](c2ccco2)CC2=C1[C@@H](c1ccc(C(F)(F)F)cc1)n1ncnc1N2. The average molecular weight is 400 g/mol. The van der Waals surface area contributed by atoms with Crippen LogP contribution in [0.2, 0.25) is 0 Å². The second-order valence-corrected chi connectivity index (χ2v) is 7.11. The summed E-state index contributed by atoms with van der Waals surface area (Å²) in [7, 11) is 0. The molecule has 0 unspecified atom stereocenters. The summed E-state index contributed by atoms with van der Waals surface area (Å²) in [6.07, 6.45) is -0.702. The first kappa shape index (κ1) is 17.7. The smallest absolute Gasteiger partial charge is 0.416 e. The topological polar surface area (TPSA) is 73.0 Å². The first-order chi connectivity index (χ1) is 13.9. The number of hydrogen-bond acceptors (Lipinski definition) is 5. The number of Topliss-reactive ketones (excluding diaryl/α,β-unsaturated/α-hetero) is 1. The maximum Gasteiger partial charge on any atom is 0.416 e. The van der Waals surface area contributed by atoms with E-state index in [9.17, 15) is 18.0 Å². The number of allylic oxidation sites excluding steroid dienone is 2. The Morgan fingerprint density at radius 3 is 2.62 bits per heavy atom. The molecule has 0 fully saturated rings. The Balaban J connectivity index is 1.58. The molecule has 5 rings (SSSR count). The maximum atomic E-state index is 13.1. The van der Waals surface area contributed by atoms with Crippen molar-refractivity contribution in [3.8, 4) is 0 Å². The average Bonchev–Trinajstić information content (AvgIpc) is 3.37. The zero-order chi connectivity index (χ0) is 20.2. The van der Waals surface area contributed by atoms with Gasteiger partial charge in [0, 0.05) is 23.6 Å². The van der Waals surface area contributed by atoms with Crippen molar-refractivity contribution in [3.63, 3.8) is 0 Å². The van der Waals surface area contributed by atoms with Crippen LogP contribution >= 0.6 is 0 Å². The molecule has 1 aliphatic carbocycles. The standard InChI is InChI=1S/C20H15F3N4O2/c21-20(22,23)13-5-3-11(4-6-13)18-17-14(26-19-24-10-25-27(18)19)8-12(9-15(17)28)16-2-1-7-29-16/h1-7,10,12,18H,8-9H2,(H,24,25,26)/t12-,18+/m0/s1. The highest BCUT2D eigenvalue weighted by atomic mass is 19.4. The van der Waals surface area contributed by atoms with E-state index in [1.165, 1.54) is 23.1 Å². The van der Waals surface area contributed by atoms with Crippen LogP contribution in [0.15, 0.2) is 64.7 Å². The van der Waals surface area contributed by atoms with E-state index in [2.05, 4.69) is 15.4 Å². The zero-order valence-corrected chi connectivity index (χ0v) is 15.0. The third kappa shape index (κ3) is 2.93. The summed E-state index contributed by atoms with van der Waals surface area (Å²) in [4.78, 5) is 17.3. The summed E-state index contributed by atoms with van der Waals surface area (Å²) in [5.41, 5.74) is 1.01. The van der Waals surface area contributed by atoms with Gasteiger partial charge in [-0.1, -0.05) is 12.1 Å². The predicted octanol–water partition coefficient (Wildman–Crippen LogP) is 4.31. The number of halogens is 3. The molecule has 9 heteroatoms. The lowest BCUT2D eigenvalue weighted by Crippen LogP contribution is -2.33. The van der Waals surface area contributed by atoms with E-state index in [0.717, 1.165) is 17.9 Å². The van der Waals surface area contributed by atoms with E-state index in [-0.39, 0.29) is 18.1 Å². The number of hydrogen-bond donors (Lipinski definition) is 1. The summed E-state index contributed by atoms with van der Waals surface area (Å²) < 4.78 is 45.9. The Kier molecular flexibility index (Phi) is 3.87. The monoisotopic (exact) mass is 400 g/mol. The van der Waals surface area contributed by atoms with Crippen molar-refractivity contribution in [1.82, 2.24) is 14.8 Å². The van der Waals surface area contributed by atoms with Crippen LogP contribution in [-0.2, 0) is 11.0 Å². The fraction of sp³-hybridized carbons (Fsp3) is 0.250. The molecule has 3 aromatic rings. The summed E-state index contributed by atoms with van der Waals surface area (Å²) in [5.74, 6) is 0.976. The van der Waals surface area contributed by atoms with Crippen molar-refractivity contribution in [1.29, 1.82) is 0 Å². The van der Waals surface area contributed by atoms with Gasteiger partial charge in [-0.2, -0.15) is 23.3 Å². The van der Waals surface area contributed by atoms with Gasteiger partial charge >= 0.3 is 6.18 Å². The molecule has 148 valence electrons. The minimum Gasteiger partial charge on any atom is -0.469 e. The molecule has 3 heterocycles. The van der Waals surface area contributed by atoms with Crippen LogP contribution in [0, 0.1) is 0 Å². The molecule has 1 N–H and O–H groups in total. The molecule has 6 nitrogen and oxygen atoms in total. The summed E-state index contributed by atoms with van der Waals surface area (Å²) in [6, 6.07) is 7.81. The molecule has 2 atom stereocenters. The molecule has 0 radical (unpaired) electrons. The van der Waals surface area contributed by atoms with Crippen molar-refractivity contribution >= 4 is 11.7 Å². The molecular weight excluding hydrogens is 385 g/mol. The number of ketones is 1. The molecule has 29 heavy (non-hydrogen) atoms. The van der Waals surface area contributed by atoms with Crippen LogP contribution in [0.4, 0.5) is 19.1 Å². The summed E-state index contributed by atoms with van der Waals surface area (Å²) >= 11 is 0. The lowest BCUT2D eigenvalue weighted by molar-refractivity contribution is -0.137. The number of anilines is 1. The van der Waals surface area contributed by atoms with E-state index in [0.29, 0.717) is 29.2 Å². The number of fused-ring (bicyclic) bond motifs is 1. The second-order valence-electron chi connectivity index (χ2n) is 7.11. The summed E-state index contributed by atoms with van der Waals surface area (Å²) in [6.45, 7) is 0. The molecule has 2 aromatic heterocycles. The van der Waals surface area contributed by atoms with Gasteiger partial charge in [-0.3, -0.25) is 4.79 Å². The van der Waals surface area contributed by atoms with Crippen LogP contribution in [0.5, 0.6) is 0 Å². The van der Waals surface area contributed by atoms with Crippen LogP contribution in [0.1, 0.15) is 41.7 Å². The predicted molar refractivity (Wildman–Crippen MR) is 95.9 cm³/mol. The summed E-state index contributed by atoms with van der Waals surface area (Å²) in [5, 5.41) is 7.36. The molecule has 1 aliphatic heterocycles. The largest absolute Gasteiger partial charge is 0.469 e. The molecule has 0 spiro atoms. The van der Waals surface area contributed by atoms with Crippen LogP contribution in [0.3, 0.4) is 0 Å². The van der Waals surface area contributed by atoms with Crippen molar-refractivity contribution in [2.45, 2.75) is 31.0 Å². The highest BCUT2D eigenvalue weighted by molar-refractivity contribution is 6.00. The van der Waals surface area contributed by atoms with E-state index < -0.39 is 17.8 Å². The Labute approximate surface area is 163 Å². The highest BCUT2D eigenvalue weighted by Gasteiger charge is 2.40. The molecule has 1 aromatic carbocycles. The van der Waals surface area contributed by atoms with E-state index in [1.807, 2.05) is 6.07 Å². The number of nitrogens with zero attached hydrogens (tertiary/aromatic N) is 3. The first-order valence-electron chi connectivity index (χ1n) is 9.05. The number of rotatable bonds is 2. The van der Waals surface area contributed by atoms with Gasteiger partial charge in [-0.25, -0.2) is 4.68 Å². The van der Waals surface area contributed by atoms with E-state index in [4.69, 9.17) is 4.42 Å². The Morgan fingerprint density at radius 2 is 1.93 bits per heavy atom. The quantitative estimate of drug-likeness (QED) is 0.694. The minimum absolute atomic E-state index is 0.0915. The number of furan rings is 1. The normalized spacial score (nSPS) is 21.6. The maximum absolute atomic E-state index is 13.1. The Hall–Kier alpha value is -3.36. The number of benzene rings is 1. The van der Waals surface area contributed by atoms with E-state index >= 15 is 0 Å². The van der Waals surface area contributed by atoms with Gasteiger partial charge in [0.2, 0.25) is 5.95 Å². The fourth-order valence-corrected chi connectivity index (χ4v) is 4.04. The van der Waals surface area contributed by atoms with Crippen molar-refractivity contribution in [3.05, 3.63) is 77.1 Å². The first-order valence-corrected chi connectivity index (χ1v) is 9.05. The molecule has 0 bridgehead atoms. The Bertz CT molecular complexity index is 1100. The molecule has 2 aliphatic rings. The van der Waals surface area contributed by atoms with Gasteiger partial charge in [-0.05, 0) is 36.2 Å². The molecule has 0 saturated carbocycles. The van der Waals surface area contributed by atoms with Gasteiger partial charge in [0.25, 0.3) is 0 Å². The third-order valence-electron chi connectivity index (χ3n) is 5.36. The van der Waals surface area contributed by atoms with Gasteiger partial charge in [0.1, 0.15) is 18.1 Å². The number of aromatic nitrogens is 3. The van der Waals surface area contributed by atoms with Crippen molar-refractivity contribution in [2.75, 3.05) is 5.32 Å². The number of carbonyl (C=O) groups is 1. The fourth-order valence-electron chi connectivity index (χ4n) is 4.04. The van der Waals surface area contributed by atoms with Crippen molar-refractivity contribution < 1.29 is 22.4 Å². The van der Waals surface area contributed by atoms with Crippen molar-refractivity contribution in [2.24, 2.45) is 0 Å². The zero-order valence-electron chi connectivity index (χ0n) is 15.0.